The van der Waals surface area contributed by atoms with Gasteiger partial charge in [-0.1, -0.05) is 30.3 Å². The summed E-state index contributed by atoms with van der Waals surface area (Å²) in [6, 6.07) is 12.8. The Balaban J connectivity index is 1.93. The topological polar surface area (TPSA) is 59.8 Å². The Labute approximate surface area is 133 Å². The number of para-hydroxylation sites is 1. The number of nitrogens with zero attached hydrogens (tertiary/aromatic N) is 2. The maximum absolute atomic E-state index is 12.6. The number of nitrogens with one attached hydrogen (secondary N) is 1. The number of aromatic nitrogens is 3. The minimum atomic E-state index is -4.43. The molecule has 0 saturated heterocycles. The molecule has 5 nitrogen and oxygen atoms in total. The van der Waals surface area contributed by atoms with Crippen LogP contribution >= 0.6 is 0 Å². The second-order valence-corrected chi connectivity index (χ2v) is 5.15. The van der Waals surface area contributed by atoms with Crippen molar-refractivity contribution in [3.63, 3.8) is 0 Å². The molecule has 3 rings (SSSR count). The van der Waals surface area contributed by atoms with Crippen molar-refractivity contribution in [3.8, 4) is 5.69 Å². The maximum atomic E-state index is 12.6. The molecule has 0 aliphatic carbocycles. The van der Waals surface area contributed by atoms with Crippen LogP contribution in [0.25, 0.3) is 5.69 Å². The highest BCUT2D eigenvalue weighted by molar-refractivity contribution is 5.29. The van der Waals surface area contributed by atoms with E-state index >= 15 is 0 Å². The summed E-state index contributed by atoms with van der Waals surface area (Å²) in [7, 11) is 0. The Bertz CT molecular complexity index is 951. The SMILES string of the molecule is O=c1[nH]n(-c2ccccc2)c(=O)n1Cc1ccc(C(F)(F)F)cc1. The molecule has 2 aromatic carbocycles. The second-order valence-electron chi connectivity index (χ2n) is 5.15. The Morgan fingerprint density at radius 1 is 0.917 bits per heavy atom. The molecule has 0 aliphatic rings. The fraction of sp³-hybridized carbons (Fsp3) is 0.125. The normalized spacial score (nSPS) is 11.6. The number of hydrogen-bond donors (Lipinski definition) is 1. The quantitative estimate of drug-likeness (QED) is 0.799. The molecule has 0 aliphatic heterocycles. The standard InChI is InChI=1S/C16H12F3N3O2/c17-16(18,19)12-8-6-11(7-9-12)10-21-14(23)20-22(15(21)24)13-4-2-1-3-5-13/h1-9H,10H2,(H,20,23). The van der Waals surface area contributed by atoms with Crippen molar-refractivity contribution in [2.24, 2.45) is 0 Å². The molecule has 3 aromatic rings. The van der Waals surface area contributed by atoms with Gasteiger partial charge in [0.25, 0.3) is 0 Å². The summed E-state index contributed by atoms with van der Waals surface area (Å²) in [6.45, 7) is -0.119. The third-order valence-corrected chi connectivity index (χ3v) is 3.51. The summed E-state index contributed by atoms with van der Waals surface area (Å²) in [5.41, 5.74) is -1.10. The van der Waals surface area contributed by atoms with E-state index in [1.54, 1.807) is 30.3 Å². The first-order valence-corrected chi connectivity index (χ1v) is 7.00. The third kappa shape index (κ3) is 3.03. The zero-order valence-electron chi connectivity index (χ0n) is 12.2. The van der Waals surface area contributed by atoms with Crippen LogP contribution in [-0.4, -0.2) is 14.3 Å². The largest absolute Gasteiger partial charge is 0.416 e. The second kappa shape index (κ2) is 5.88. The molecule has 0 spiro atoms. The fourth-order valence-corrected chi connectivity index (χ4v) is 2.28. The van der Waals surface area contributed by atoms with Gasteiger partial charge < -0.3 is 0 Å². The molecule has 0 radical (unpaired) electrons. The van der Waals surface area contributed by atoms with Crippen molar-refractivity contribution < 1.29 is 13.2 Å². The Kier molecular flexibility index (Phi) is 3.88. The van der Waals surface area contributed by atoms with Gasteiger partial charge in [-0.2, -0.15) is 13.2 Å². The minimum Gasteiger partial charge on any atom is -0.246 e. The van der Waals surface area contributed by atoms with E-state index in [0.717, 1.165) is 21.4 Å². The molecule has 1 heterocycles. The van der Waals surface area contributed by atoms with Crippen molar-refractivity contribution in [1.29, 1.82) is 0 Å². The average Bonchev–Trinajstić information content (AvgIpc) is 2.83. The predicted octanol–water partition coefficient (Wildman–Crippen LogP) is 2.39. The van der Waals surface area contributed by atoms with Crippen LogP contribution in [0.3, 0.4) is 0 Å². The number of hydrogen-bond acceptors (Lipinski definition) is 2. The van der Waals surface area contributed by atoms with E-state index < -0.39 is 23.1 Å². The van der Waals surface area contributed by atoms with Gasteiger partial charge in [0, 0.05) is 0 Å². The number of rotatable bonds is 3. The minimum absolute atomic E-state index is 0.119. The van der Waals surface area contributed by atoms with E-state index in [1.807, 2.05) is 0 Å². The zero-order valence-corrected chi connectivity index (χ0v) is 12.2. The van der Waals surface area contributed by atoms with Crippen molar-refractivity contribution in [1.82, 2.24) is 14.3 Å². The lowest BCUT2D eigenvalue weighted by molar-refractivity contribution is -0.137. The average molecular weight is 335 g/mol. The molecule has 1 aromatic heterocycles. The van der Waals surface area contributed by atoms with Gasteiger partial charge in [-0.3, -0.25) is 0 Å². The fourth-order valence-electron chi connectivity index (χ4n) is 2.28. The zero-order chi connectivity index (χ0) is 17.3. The smallest absolute Gasteiger partial charge is 0.246 e. The van der Waals surface area contributed by atoms with Crippen molar-refractivity contribution in [2.75, 3.05) is 0 Å². The van der Waals surface area contributed by atoms with Crippen LogP contribution in [0.2, 0.25) is 0 Å². The molecule has 0 bridgehead atoms. The van der Waals surface area contributed by atoms with Gasteiger partial charge in [0.15, 0.2) is 0 Å². The van der Waals surface area contributed by atoms with Gasteiger partial charge >= 0.3 is 17.6 Å². The Morgan fingerprint density at radius 2 is 1.54 bits per heavy atom. The monoisotopic (exact) mass is 335 g/mol. The van der Waals surface area contributed by atoms with Crippen LogP contribution in [0.4, 0.5) is 13.2 Å². The number of aromatic amines is 1. The van der Waals surface area contributed by atoms with Gasteiger partial charge in [-0.25, -0.2) is 23.9 Å². The van der Waals surface area contributed by atoms with Crippen LogP contribution in [-0.2, 0) is 12.7 Å². The molecule has 8 heteroatoms. The van der Waals surface area contributed by atoms with E-state index in [1.165, 1.54) is 12.1 Å². The Hall–Kier alpha value is -3.03. The lowest BCUT2D eigenvalue weighted by Gasteiger charge is -2.07. The summed E-state index contributed by atoms with van der Waals surface area (Å²) in [5.74, 6) is 0. The van der Waals surface area contributed by atoms with E-state index in [9.17, 15) is 22.8 Å². The molecule has 0 unspecified atom stereocenters. The van der Waals surface area contributed by atoms with Crippen LogP contribution in [0.15, 0.2) is 64.2 Å². The molecule has 0 fully saturated rings. The molecule has 0 amide bonds. The van der Waals surface area contributed by atoms with Crippen LogP contribution in [0, 0.1) is 0 Å². The first-order chi connectivity index (χ1) is 11.4. The van der Waals surface area contributed by atoms with Gasteiger partial charge in [-0.05, 0) is 29.8 Å². The predicted molar refractivity (Wildman–Crippen MR) is 81.2 cm³/mol. The van der Waals surface area contributed by atoms with E-state index in [4.69, 9.17) is 0 Å². The van der Waals surface area contributed by atoms with Crippen molar-refractivity contribution in [3.05, 3.63) is 86.7 Å². The summed E-state index contributed by atoms with van der Waals surface area (Å²) in [6.07, 6.45) is -4.43. The number of halogens is 3. The van der Waals surface area contributed by atoms with E-state index in [0.29, 0.717) is 11.3 Å². The van der Waals surface area contributed by atoms with Crippen molar-refractivity contribution in [2.45, 2.75) is 12.7 Å². The first kappa shape index (κ1) is 15.9. The van der Waals surface area contributed by atoms with Gasteiger partial charge in [0.2, 0.25) is 0 Å². The first-order valence-electron chi connectivity index (χ1n) is 7.00. The van der Waals surface area contributed by atoms with Gasteiger partial charge in [0.1, 0.15) is 0 Å². The highest BCUT2D eigenvalue weighted by Gasteiger charge is 2.29. The summed E-state index contributed by atoms with van der Waals surface area (Å²) < 4.78 is 39.7. The number of benzene rings is 2. The highest BCUT2D eigenvalue weighted by Crippen LogP contribution is 2.29. The maximum Gasteiger partial charge on any atom is 0.416 e. The molecule has 124 valence electrons. The molecule has 24 heavy (non-hydrogen) atoms. The third-order valence-electron chi connectivity index (χ3n) is 3.51. The van der Waals surface area contributed by atoms with Crippen LogP contribution in [0.5, 0.6) is 0 Å². The van der Waals surface area contributed by atoms with Crippen LogP contribution < -0.4 is 11.4 Å². The lowest BCUT2D eigenvalue weighted by atomic mass is 10.1. The number of alkyl halides is 3. The summed E-state index contributed by atoms with van der Waals surface area (Å²) in [4.78, 5) is 24.3. The van der Waals surface area contributed by atoms with Crippen molar-refractivity contribution >= 4 is 0 Å². The number of H-pyrrole nitrogens is 1. The van der Waals surface area contributed by atoms with E-state index in [-0.39, 0.29) is 6.54 Å². The molecular formula is C16H12F3N3O2. The summed E-state index contributed by atoms with van der Waals surface area (Å²) >= 11 is 0. The molecular weight excluding hydrogens is 323 g/mol. The van der Waals surface area contributed by atoms with Gasteiger partial charge in [-0.15, -0.1) is 0 Å². The van der Waals surface area contributed by atoms with Gasteiger partial charge in [0.05, 0.1) is 17.8 Å². The highest BCUT2D eigenvalue weighted by atomic mass is 19.4. The van der Waals surface area contributed by atoms with E-state index in [2.05, 4.69) is 5.10 Å². The molecule has 0 atom stereocenters. The Morgan fingerprint density at radius 3 is 2.12 bits per heavy atom. The lowest BCUT2D eigenvalue weighted by Crippen LogP contribution is -2.29. The summed E-state index contributed by atoms with van der Waals surface area (Å²) in [5, 5.41) is 2.42. The molecule has 1 N–H and O–H groups in total. The molecule has 0 saturated carbocycles. The van der Waals surface area contributed by atoms with Crippen LogP contribution in [0.1, 0.15) is 11.1 Å².